The van der Waals surface area contributed by atoms with E-state index in [9.17, 15) is 0 Å². The second kappa shape index (κ2) is 2.69. The average Bonchev–Trinajstić information content (AvgIpc) is 2.53. The summed E-state index contributed by atoms with van der Waals surface area (Å²) in [5, 5.41) is 10.4. The van der Waals surface area contributed by atoms with Gasteiger partial charge in [-0.05, 0) is 12.1 Å². The number of benzene rings is 1. The zero-order valence-electron chi connectivity index (χ0n) is 6.62. The molecule has 1 aliphatic rings. The fourth-order valence-corrected chi connectivity index (χ4v) is 0.990. The van der Waals surface area contributed by atoms with Crippen LogP contribution in [-0.4, -0.2) is 12.2 Å². The van der Waals surface area contributed by atoms with Crippen molar-refractivity contribution in [3.63, 3.8) is 0 Å². The summed E-state index contributed by atoms with van der Waals surface area (Å²) in [7, 11) is 1.78. The van der Waals surface area contributed by atoms with Crippen LogP contribution in [0.2, 0.25) is 0 Å². The quantitative estimate of drug-likeness (QED) is 0.633. The van der Waals surface area contributed by atoms with Crippen molar-refractivity contribution in [2.75, 3.05) is 12.2 Å². The lowest BCUT2D eigenvalue weighted by atomic mass is 10.3. The highest BCUT2D eigenvalue weighted by molar-refractivity contribution is 5.47. The van der Waals surface area contributed by atoms with Crippen LogP contribution in [0.4, 0.5) is 5.69 Å². The summed E-state index contributed by atoms with van der Waals surface area (Å²) in [6, 6.07) is 9.72. The summed E-state index contributed by atoms with van der Waals surface area (Å²) >= 11 is 0. The van der Waals surface area contributed by atoms with Gasteiger partial charge in [0.25, 0.3) is 0 Å². The molecular weight excluding hydrogens is 154 g/mol. The Balaban J connectivity index is 2.22. The van der Waals surface area contributed by atoms with Crippen LogP contribution in [0.5, 0.6) is 0 Å². The highest BCUT2D eigenvalue weighted by Gasteiger charge is 2.05. The highest BCUT2D eigenvalue weighted by Crippen LogP contribution is 2.23. The smallest absolute Gasteiger partial charge is 0.0630 e. The molecule has 1 heterocycles. The van der Waals surface area contributed by atoms with Gasteiger partial charge in [-0.25, -0.2) is 10.3 Å². The van der Waals surface area contributed by atoms with Gasteiger partial charge in [-0.15, -0.1) is 0 Å². The van der Waals surface area contributed by atoms with Crippen LogP contribution < -0.4 is 5.12 Å². The second-order valence-electron chi connectivity index (χ2n) is 2.38. The SMILES string of the molecule is CN1N=N[N-]N1c1ccccc1. The van der Waals surface area contributed by atoms with E-state index in [1.807, 2.05) is 30.3 Å². The second-order valence-corrected chi connectivity index (χ2v) is 2.38. The largest absolute Gasteiger partial charge is 0.279 e. The van der Waals surface area contributed by atoms with Gasteiger partial charge < -0.3 is 0 Å². The van der Waals surface area contributed by atoms with E-state index in [4.69, 9.17) is 0 Å². The van der Waals surface area contributed by atoms with E-state index in [1.165, 1.54) is 0 Å². The molecular formula is C7H8N5-. The molecule has 62 valence electrons. The minimum absolute atomic E-state index is 0.949. The van der Waals surface area contributed by atoms with Crippen molar-refractivity contribution in [2.24, 2.45) is 10.4 Å². The fourth-order valence-electron chi connectivity index (χ4n) is 0.990. The molecule has 0 aliphatic carbocycles. The molecule has 0 aromatic heterocycles. The number of hydrazine groups is 1. The predicted molar refractivity (Wildman–Crippen MR) is 44.9 cm³/mol. The van der Waals surface area contributed by atoms with E-state index >= 15 is 0 Å². The molecule has 5 heteroatoms. The van der Waals surface area contributed by atoms with Crippen LogP contribution in [-0.2, 0) is 0 Å². The van der Waals surface area contributed by atoms with Crippen molar-refractivity contribution in [3.05, 3.63) is 35.9 Å². The molecule has 5 nitrogen and oxygen atoms in total. The molecule has 0 radical (unpaired) electrons. The van der Waals surface area contributed by atoms with Gasteiger partial charge in [0.2, 0.25) is 0 Å². The molecule has 1 aliphatic heterocycles. The average molecular weight is 162 g/mol. The summed E-state index contributed by atoms with van der Waals surface area (Å²) in [6.07, 6.45) is 0. The van der Waals surface area contributed by atoms with Gasteiger partial charge in [0.15, 0.2) is 0 Å². The monoisotopic (exact) mass is 162 g/mol. The number of hydrogen-bond acceptors (Lipinski definition) is 4. The number of anilines is 1. The highest BCUT2D eigenvalue weighted by atomic mass is 16.0. The van der Waals surface area contributed by atoms with Crippen LogP contribution >= 0.6 is 0 Å². The lowest BCUT2D eigenvalue weighted by molar-refractivity contribution is 0.366. The van der Waals surface area contributed by atoms with Gasteiger partial charge in [0.1, 0.15) is 0 Å². The first-order valence-electron chi connectivity index (χ1n) is 3.58. The maximum absolute atomic E-state index is 3.80. The zero-order valence-corrected chi connectivity index (χ0v) is 6.62. The molecule has 0 bridgehead atoms. The van der Waals surface area contributed by atoms with E-state index in [0.29, 0.717) is 0 Å². The van der Waals surface area contributed by atoms with Crippen molar-refractivity contribution < 1.29 is 0 Å². The molecule has 0 N–H and O–H groups in total. The molecule has 2 rings (SSSR count). The van der Waals surface area contributed by atoms with E-state index in [2.05, 4.69) is 16.0 Å². The third-order valence-corrected chi connectivity index (χ3v) is 1.56. The van der Waals surface area contributed by atoms with Gasteiger partial charge in [-0.3, -0.25) is 15.9 Å². The summed E-state index contributed by atoms with van der Waals surface area (Å²) in [6.45, 7) is 0. The lowest BCUT2D eigenvalue weighted by Gasteiger charge is -2.29. The first-order valence-corrected chi connectivity index (χ1v) is 3.58. The van der Waals surface area contributed by atoms with E-state index < -0.39 is 0 Å². The molecule has 0 amide bonds. The zero-order chi connectivity index (χ0) is 8.39. The van der Waals surface area contributed by atoms with Crippen molar-refractivity contribution in [2.45, 2.75) is 0 Å². The summed E-state index contributed by atoms with van der Waals surface area (Å²) in [5.41, 5.74) is 4.75. The minimum atomic E-state index is 0.949. The molecule has 0 atom stereocenters. The number of rotatable bonds is 1. The molecule has 0 saturated heterocycles. The molecule has 0 unspecified atom stereocenters. The molecule has 0 saturated carbocycles. The minimum Gasteiger partial charge on any atom is -0.279 e. The number of para-hydroxylation sites is 1. The summed E-state index contributed by atoms with van der Waals surface area (Å²) in [5.74, 6) is 0. The summed E-state index contributed by atoms with van der Waals surface area (Å²) < 4.78 is 0. The molecule has 0 fully saturated rings. The molecule has 0 spiro atoms. The van der Waals surface area contributed by atoms with Crippen molar-refractivity contribution in [3.8, 4) is 0 Å². The van der Waals surface area contributed by atoms with Crippen LogP contribution in [0.3, 0.4) is 0 Å². The molecule has 12 heavy (non-hydrogen) atoms. The third kappa shape index (κ3) is 1.05. The Morgan fingerprint density at radius 1 is 1.25 bits per heavy atom. The van der Waals surface area contributed by atoms with Gasteiger partial charge >= 0.3 is 0 Å². The Bertz CT molecular complexity index is 283. The Morgan fingerprint density at radius 2 is 2.00 bits per heavy atom. The van der Waals surface area contributed by atoms with Crippen molar-refractivity contribution >= 4 is 5.69 Å². The van der Waals surface area contributed by atoms with Gasteiger partial charge in [0, 0.05) is 7.05 Å². The van der Waals surface area contributed by atoms with Crippen LogP contribution in [0.15, 0.2) is 40.8 Å². The Morgan fingerprint density at radius 3 is 2.58 bits per heavy atom. The first-order chi connectivity index (χ1) is 5.88. The predicted octanol–water partition coefficient (Wildman–Crippen LogP) is 1.92. The van der Waals surface area contributed by atoms with Gasteiger partial charge in [0.05, 0.1) is 5.69 Å². The maximum atomic E-state index is 3.80. The van der Waals surface area contributed by atoms with Crippen LogP contribution in [0.25, 0.3) is 5.53 Å². The van der Waals surface area contributed by atoms with Crippen molar-refractivity contribution in [1.82, 2.24) is 5.12 Å². The van der Waals surface area contributed by atoms with E-state index in [1.54, 1.807) is 17.3 Å². The normalized spacial score (nSPS) is 15.1. The van der Waals surface area contributed by atoms with Crippen LogP contribution in [0, 0.1) is 0 Å². The first kappa shape index (κ1) is 6.90. The Kier molecular flexibility index (Phi) is 1.55. The molecule has 1 aromatic carbocycles. The maximum Gasteiger partial charge on any atom is 0.0630 e. The third-order valence-electron chi connectivity index (χ3n) is 1.56. The van der Waals surface area contributed by atoms with Gasteiger partial charge in [-0.2, -0.15) is 0 Å². The topological polar surface area (TPSA) is 45.3 Å². The molecule has 1 aromatic rings. The van der Waals surface area contributed by atoms with Crippen LogP contribution in [0.1, 0.15) is 0 Å². The van der Waals surface area contributed by atoms with E-state index in [0.717, 1.165) is 5.69 Å². The number of nitrogens with zero attached hydrogens (tertiary/aromatic N) is 5. The lowest BCUT2D eigenvalue weighted by Crippen LogP contribution is -2.27. The standard InChI is InChI=1S/C7H8N5/c1-11-9-8-10-12(11)7-5-3-2-4-6-7/h2-6H,1H3/q-1. The van der Waals surface area contributed by atoms with E-state index in [-0.39, 0.29) is 0 Å². The Labute approximate surface area is 70.2 Å². The number of hydrogen-bond donors (Lipinski definition) is 0. The Hall–Kier alpha value is -1.78. The van der Waals surface area contributed by atoms with Gasteiger partial charge in [-0.1, -0.05) is 18.2 Å². The summed E-state index contributed by atoms with van der Waals surface area (Å²) in [4.78, 5) is 0. The fraction of sp³-hybridized carbons (Fsp3) is 0.143. The van der Waals surface area contributed by atoms with Crippen molar-refractivity contribution in [1.29, 1.82) is 0 Å².